The largest absolute Gasteiger partial charge is 0.481 e. The van der Waals surface area contributed by atoms with Crippen molar-refractivity contribution < 1.29 is 19.6 Å². The van der Waals surface area contributed by atoms with E-state index in [1.165, 1.54) is 0 Å². The Morgan fingerprint density at radius 2 is 1.89 bits per heavy atom. The van der Waals surface area contributed by atoms with Crippen LogP contribution in [-0.4, -0.2) is 32.5 Å². The van der Waals surface area contributed by atoms with Gasteiger partial charge in [-0.2, -0.15) is 0 Å². The fraction of sp³-hybridized carbons (Fsp3) is 0.278. The van der Waals surface area contributed by atoms with Gasteiger partial charge in [-0.1, -0.05) is 30.3 Å². The average Bonchev–Trinajstić information content (AvgIpc) is 2.62. The van der Waals surface area contributed by atoms with Gasteiger partial charge in [0.15, 0.2) is 0 Å². The van der Waals surface area contributed by atoms with E-state index >= 15 is 0 Å². The maximum Gasteiger partial charge on any atom is 0.303 e. The first-order valence-corrected chi connectivity index (χ1v) is 8.25. The highest BCUT2D eigenvalue weighted by atomic mass is 16.6. The van der Waals surface area contributed by atoms with Crippen molar-refractivity contribution in [2.24, 2.45) is 0 Å². The molecule has 2 aromatic rings. The summed E-state index contributed by atoms with van der Waals surface area (Å²) in [5.74, 6) is -1.50. The van der Waals surface area contributed by atoms with Crippen LogP contribution in [0.15, 0.2) is 53.5 Å². The van der Waals surface area contributed by atoms with Crippen LogP contribution in [-0.2, 0) is 22.6 Å². The van der Waals surface area contributed by atoms with Crippen LogP contribution in [0.25, 0.3) is 0 Å². The number of hydrogen-bond donors (Lipinski definition) is 2. The number of carbonyl (C=O) groups excluding carboxylic acids is 1. The number of benzene rings is 1. The molecule has 0 saturated heterocycles. The van der Waals surface area contributed by atoms with Crippen LogP contribution in [0, 0.1) is 10.1 Å². The Morgan fingerprint density at radius 3 is 2.52 bits per heavy atom. The number of carboxylic acid groups (broad SMARTS) is 1. The Kier molecular flexibility index (Phi) is 6.81. The normalized spacial score (nSPS) is 11.6. The fourth-order valence-corrected chi connectivity index (χ4v) is 2.60. The summed E-state index contributed by atoms with van der Waals surface area (Å²) in [7, 11) is 0. The highest BCUT2D eigenvalue weighted by molar-refractivity contribution is 5.76. The molecule has 0 aliphatic carbocycles. The van der Waals surface area contributed by atoms with E-state index in [9.17, 15) is 24.5 Å². The van der Waals surface area contributed by atoms with Gasteiger partial charge in [-0.3, -0.25) is 29.1 Å². The molecule has 1 amide bonds. The number of hydrogen-bond acceptors (Lipinski definition) is 5. The van der Waals surface area contributed by atoms with Gasteiger partial charge in [-0.15, -0.1) is 0 Å². The topological polar surface area (TPSA) is 132 Å². The van der Waals surface area contributed by atoms with Gasteiger partial charge in [0.1, 0.15) is 6.54 Å². The van der Waals surface area contributed by atoms with Crippen molar-refractivity contribution in [2.45, 2.75) is 31.8 Å². The molecule has 0 aliphatic rings. The van der Waals surface area contributed by atoms with Gasteiger partial charge in [0.05, 0.1) is 11.1 Å². The van der Waals surface area contributed by atoms with Crippen molar-refractivity contribution in [3.8, 4) is 0 Å². The molecular formula is C18H19N3O6. The Balaban J connectivity index is 2.08. The number of carboxylic acids is 1. The molecule has 1 heterocycles. The van der Waals surface area contributed by atoms with Crippen LogP contribution < -0.4 is 10.9 Å². The maximum absolute atomic E-state index is 12.3. The Bertz CT molecular complexity index is 878. The van der Waals surface area contributed by atoms with E-state index < -0.39 is 34.9 Å². The first kappa shape index (κ1) is 19.8. The van der Waals surface area contributed by atoms with Gasteiger partial charge >= 0.3 is 5.97 Å². The number of nitro groups is 1. The zero-order valence-electron chi connectivity index (χ0n) is 14.4. The standard InChI is InChI=1S/C18H19N3O6/c22-16(12-20-11-15(21(26)27)7-8-17(20)23)19-14(6-9-18(24)25)10-13-4-2-1-3-5-13/h1-5,7-8,11,14H,6,9-10,12H2,(H,19,22)(H,24,25). The van der Waals surface area contributed by atoms with Crippen molar-refractivity contribution >= 4 is 17.6 Å². The van der Waals surface area contributed by atoms with Gasteiger partial charge < -0.3 is 10.4 Å². The molecule has 2 rings (SSSR count). The molecule has 9 nitrogen and oxygen atoms in total. The predicted molar refractivity (Wildman–Crippen MR) is 96.3 cm³/mol. The number of aromatic nitrogens is 1. The molecular weight excluding hydrogens is 354 g/mol. The van der Waals surface area contributed by atoms with E-state index in [0.29, 0.717) is 6.42 Å². The molecule has 1 atom stereocenters. The van der Waals surface area contributed by atoms with Crippen LogP contribution in [0.2, 0.25) is 0 Å². The number of carbonyl (C=O) groups is 2. The third kappa shape index (κ3) is 6.38. The van der Waals surface area contributed by atoms with Crippen molar-refractivity contribution in [2.75, 3.05) is 0 Å². The average molecular weight is 373 g/mol. The second-order valence-electron chi connectivity index (χ2n) is 6.00. The van der Waals surface area contributed by atoms with Gasteiger partial charge in [0.25, 0.3) is 11.2 Å². The summed E-state index contributed by atoms with van der Waals surface area (Å²) in [6.07, 6.45) is 1.55. The van der Waals surface area contributed by atoms with Crippen molar-refractivity contribution in [1.29, 1.82) is 0 Å². The molecule has 0 radical (unpaired) electrons. The van der Waals surface area contributed by atoms with Crippen LogP contribution >= 0.6 is 0 Å². The number of pyridine rings is 1. The van der Waals surface area contributed by atoms with E-state index in [4.69, 9.17) is 5.11 Å². The molecule has 9 heteroatoms. The highest BCUT2D eigenvalue weighted by Gasteiger charge is 2.16. The zero-order chi connectivity index (χ0) is 19.8. The molecule has 0 spiro atoms. The van der Waals surface area contributed by atoms with Crippen LogP contribution in [0.1, 0.15) is 18.4 Å². The van der Waals surface area contributed by atoms with Gasteiger partial charge in [0.2, 0.25) is 5.91 Å². The molecule has 0 bridgehead atoms. The van der Waals surface area contributed by atoms with Crippen LogP contribution in [0.5, 0.6) is 0 Å². The van der Waals surface area contributed by atoms with E-state index in [1.54, 1.807) is 0 Å². The Morgan fingerprint density at radius 1 is 1.19 bits per heavy atom. The van der Waals surface area contributed by atoms with Gasteiger partial charge in [-0.25, -0.2) is 0 Å². The van der Waals surface area contributed by atoms with E-state index in [2.05, 4.69) is 5.32 Å². The summed E-state index contributed by atoms with van der Waals surface area (Å²) < 4.78 is 0.949. The highest BCUT2D eigenvalue weighted by Crippen LogP contribution is 2.09. The molecule has 0 aliphatic heterocycles. The molecule has 1 unspecified atom stereocenters. The molecule has 27 heavy (non-hydrogen) atoms. The summed E-state index contributed by atoms with van der Waals surface area (Å²) in [6, 6.07) is 10.9. The van der Waals surface area contributed by atoms with Crippen LogP contribution in [0.3, 0.4) is 0 Å². The number of amides is 1. The molecule has 2 N–H and O–H groups in total. The second-order valence-corrected chi connectivity index (χ2v) is 6.00. The number of nitrogens with one attached hydrogen (secondary N) is 1. The van der Waals surface area contributed by atoms with Gasteiger partial charge in [0, 0.05) is 24.6 Å². The first-order valence-electron chi connectivity index (χ1n) is 8.25. The number of rotatable bonds is 9. The monoisotopic (exact) mass is 373 g/mol. The Hall–Kier alpha value is -3.49. The quantitative estimate of drug-likeness (QED) is 0.504. The minimum absolute atomic E-state index is 0.117. The summed E-state index contributed by atoms with van der Waals surface area (Å²) in [4.78, 5) is 45.1. The summed E-state index contributed by atoms with van der Waals surface area (Å²) in [6.45, 7) is -0.390. The predicted octanol–water partition coefficient (Wildman–Crippen LogP) is 1.35. The SMILES string of the molecule is O=C(O)CCC(Cc1ccccc1)NC(=O)Cn1cc([N+](=O)[O-])ccc1=O. The lowest BCUT2D eigenvalue weighted by Gasteiger charge is -2.18. The zero-order valence-corrected chi connectivity index (χ0v) is 14.4. The lowest BCUT2D eigenvalue weighted by Crippen LogP contribution is -2.40. The third-order valence-corrected chi connectivity index (χ3v) is 3.89. The molecule has 1 aromatic heterocycles. The van der Waals surface area contributed by atoms with E-state index in [-0.39, 0.29) is 18.5 Å². The van der Waals surface area contributed by atoms with E-state index in [1.807, 2.05) is 30.3 Å². The molecule has 0 saturated carbocycles. The minimum Gasteiger partial charge on any atom is -0.481 e. The number of nitrogens with zero attached hydrogens (tertiary/aromatic N) is 2. The number of aliphatic carboxylic acids is 1. The third-order valence-electron chi connectivity index (χ3n) is 3.89. The molecule has 1 aromatic carbocycles. The van der Waals surface area contributed by atoms with Crippen molar-refractivity contribution in [3.63, 3.8) is 0 Å². The second kappa shape index (κ2) is 9.27. The lowest BCUT2D eigenvalue weighted by molar-refractivity contribution is -0.385. The molecule has 142 valence electrons. The van der Waals surface area contributed by atoms with Crippen molar-refractivity contribution in [3.05, 3.63) is 74.7 Å². The smallest absolute Gasteiger partial charge is 0.303 e. The summed E-state index contributed by atoms with van der Waals surface area (Å²) in [5.41, 5.74) is 0.0933. The first-order chi connectivity index (χ1) is 12.8. The van der Waals surface area contributed by atoms with Crippen molar-refractivity contribution in [1.82, 2.24) is 9.88 Å². The molecule has 0 fully saturated rings. The van der Waals surface area contributed by atoms with E-state index in [0.717, 1.165) is 28.5 Å². The minimum atomic E-state index is -0.975. The Labute approximate surface area is 154 Å². The summed E-state index contributed by atoms with van der Waals surface area (Å²) in [5, 5.41) is 22.4. The fourth-order valence-electron chi connectivity index (χ4n) is 2.60. The summed E-state index contributed by atoms with van der Waals surface area (Å²) >= 11 is 0. The lowest BCUT2D eigenvalue weighted by atomic mass is 10.0. The van der Waals surface area contributed by atoms with Crippen LogP contribution in [0.4, 0.5) is 5.69 Å². The van der Waals surface area contributed by atoms with Gasteiger partial charge in [-0.05, 0) is 18.4 Å². The maximum atomic E-state index is 12.3.